The number of anilines is 1. The summed E-state index contributed by atoms with van der Waals surface area (Å²) >= 11 is 0. The Morgan fingerprint density at radius 1 is 1.10 bits per heavy atom. The number of carbonyl (C=O) groups is 1. The van der Waals surface area contributed by atoms with Crippen molar-refractivity contribution in [3.63, 3.8) is 0 Å². The molecule has 1 aromatic heterocycles. The molecule has 0 amide bonds. The van der Waals surface area contributed by atoms with Crippen molar-refractivity contribution in [1.82, 2.24) is 9.55 Å². The number of methoxy groups -OCH3 is 4. The largest absolute Gasteiger partial charge is 0.493 e. The summed E-state index contributed by atoms with van der Waals surface area (Å²) in [7, 11) is 5.81. The molecular weight excluding hydrogens is 408 g/mol. The van der Waals surface area contributed by atoms with Crippen molar-refractivity contribution in [2.24, 2.45) is 5.73 Å². The minimum Gasteiger partial charge on any atom is -0.493 e. The smallest absolute Gasteiger partial charge is 0.340 e. The zero-order valence-corrected chi connectivity index (χ0v) is 17.8. The zero-order valence-electron chi connectivity index (χ0n) is 17.8. The van der Waals surface area contributed by atoms with Crippen molar-refractivity contribution in [2.75, 3.05) is 40.4 Å². The zero-order chi connectivity index (χ0) is 22.7. The minimum absolute atomic E-state index is 0.0250. The molecule has 2 heterocycles. The molecule has 1 aliphatic heterocycles. The third kappa shape index (κ3) is 3.81. The van der Waals surface area contributed by atoms with E-state index in [1.165, 1.54) is 39.1 Å². The van der Waals surface area contributed by atoms with Crippen molar-refractivity contribution in [1.29, 1.82) is 0 Å². The van der Waals surface area contributed by atoms with Gasteiger partial charge in [0.2, 0.25) is 5.75 Å². The second kappa shape index (κ2) is 8.86. The van der Waals surface area contributed by atoms with E-state index < -0.39 is 17.6 Å². The Morgan fingerprint density at radius 3 is 2.26 bits per heavy atom. The van der Waals surface area contributed by atoms with Gasteiger partial charge in [0.05, 0.1) is 35.0 Å². The van der Waals surface area contributed by atoms with Crippen LogP contribution in [0.1, 0.15) is 18.5 Å². The molecule has 31 heavy (non-hydrogen) atoms. The molecule has 1 aliphatic rings. The lowest BCUT2D eigenvalue weighted by atomic mass is 9.95. The van der Waals surface area contributed by atoms with Gasteiger partial charge in [-0.2, -0.15) is 4.98 Å². The van der Waals surface area contributed by atoms with Gasteiger partial charge >= 0.3 is 12.0 Å². The Hall–Kier alpha value is -3.89. The Kier molecular flexibility index (Phi) is 6.23. The number of rotatable bonds is 7. The molecule has 0 radical (unpaired) electrons. The highest BCUT2D eigenvalue weighted by molar-refractivity contribution is 5.92. The molecule has 166 valence electrons. The van der Waals surface area contributed by atoms with E-state index in [1.54, 1.807) is 19.1 Å². The third-order valence-electron chi connectivity index (χ3n) is 4.70. The lowest BCUT2D eigenvalue weighted by Gasteiger charge is -2.32. The Balaban J connectivity index is 2.36. The van der Waals surface area contributed by atoms with Crippen LogP contribution in [-0.2, 0) is 9.53 Å². The predicted octanol–water partition coefficient (Wildman–Crippen LogP) is 1.03. The van der Waals surface area contributed by atoms with Crippen molar-refractivity contribution in [3.8, 4) is 23.3 Å². The summed E-state index contributed by atoms with van der Waals surface area (Å²) < 4.78 is 28.4. The van der Waals surface area contributed by atoms with Crippen LogP contribution in [0.2, 0.25) is 0 Å². The van der Waals surface area contributed by atoms with Crippen LogP contribution in [-0.4, -0.2) is 50.6 Å². The van der Waals surface area contributed by atoms with Crippen molar-refractivity contribution < 1.29 is 28.5 Å². The second-order valence-electron chi connectivity index (χ2n) is 6.37. The highest BCUT2D eigenvalue weighted by atomic mass is 16.5. The summed E-state index contributed by atoms with van der Waals surface area (Å²) in [6.07, 6.45) is 0. The maximum atomic E-state index is 12.9. The number of hydrogen-bond donors (Lipinski definition) is 2. The third-order valence-corrected chi connectivity index (χ3v) is 4.70. The first-order chi connectivity index (χ1) is 14.9. The van der Waals surface area contributed by atoms with E-state index >= 15 is 0 Å². The Morgan fingerprint density at radius 2 is 1.74 bits per heavy atom. The highest BCUT2D eigenvalue weighted by Crippen LogP contribution is 2.44. The van der Waals surface area contributed by atoms with E-state index in [4.69, 9.17) is 29.4 Å². The molecule has 2 aromatic rings. The van der Waals surface area contributed by atoms with E-state index in [0.29, 0.717) is 28.6 Å². The SMILES string of the molecule is CCOC(=O)C1=C(N)Nc2cc(=O)nc(OC)n2[C@@H]1c1cc(OC)c(OC)c(OC)c1. The summed E-state index contributed by atoms with van der Waals surface area (Å²) in [4.78, 5) is 28.8. The average molecular weight is 432 g/mol. The molecular formula is C20H24N4O7. The van der Waals surface area contributed by atoms with E-state index in [9.17, 15) is 9.59 Å². The first-order valence-electron chi connectivity index (χ1n) is 9.31. The maximum absolute atomic E-state index is 12.9. The standard InChI is InChI=1S/C20H24N4O7/c1-6-31-19(26)15-16(10-7-11(27-2)17(29-4)12(8-10)28-3)24-13(22-18(15)21)9-14(25)23-20(24)30-5/h7-9,16,22H,6,21H2,1-5H3/t16-/m1/s1. The summed E-state index contributed by atoms with van der Waals surface area (Å²) in [6.45, 7) is 1.83. The predicted molar refractivity (Wildman–Crippen MR) is 111 cm³/mol. The van der Waals surface area contributed by atoms with Gasteiger partial charge in [0.15, 0.2) is 11.5 Å². The van der Waals surface area contributed by atoms with Crippen LogP contribution in [0.15, 0.2) is 34.4 Å². The van der Waals surface area contributed by atoms with Gasteiger partial charge in [0.1, 0.15) is 23.3 Å². The van der Waals surface area contributed by atoms with Crippen LogP contribution in [0.4, 0.5) is 5.82 Å². The fourth-order valence-electron chi connectivity index (χ4n) is 3.45. The number of fused-ring (bicyclic) bond motifs is 1. The van der Waals surface area contributed by atoms with Crippen molar-refractivity contribution >= 4 is 11.8 Å². The van der Waals surface area contributed by atoms with E-state index in [-0.39, 0.29) is 24.0 Å². The molecule has 1 aromatic carbocycles. The molecule has 0 aliphatic carbocycles. The molecule has 0 unspecified atom stereocenters. The molecule has 0 saturated carbocycles. The lowest BCUT2D eigenvalue weighted by Crippen LogP contribution is -2.35. The number of aromatic nitrogens is 2. The average Bonchev–Trinajstić information content (AvgIpc) is 2.76. The number of benzene rings is 1. The van der Waals surface area contributed by atoms with Crippen LogP contribution in [0.25, 0.3) is 0 Å². The van der Waals surface area contributed by atoms with Gasteiger partial charge in [-0.25, -0.2) is 4.79 Å². The van der Waals surface area contributed by atoms with Gasteiger partial charge in [-0.3, -0.25) is 9.36 Å². The minimum atomic E-state index is -0.868. The Bertz CT molecular complexity index is 1070. The molecule has 11 heteroatoms. The number of nitrogens with two attached hydrogens (primary N) is 1. The normalized spacial score (nSPS) is 14.9. The first-order valence-corrected chi connectivity index (χ1v) is 9.31. The monoisotopic (exact) mass is 432 g/mol. The van der Waals surface area contributed by atoms with Crippen molar-refractivity contribution in [3.05, 3.63) is 45.5 Å². The van der Waals surface area contributed by atoms with E-state index in [1.807, 2.05) is 0 Å². The summed E-state index contributed by atoms with van der Waals surface area (Å²) in [5.41, 5.74) is 6.30. The van der Waals surface area contributed by atoms with Gasteiger partial charge in [-0.1, -0.05) is 0 Å². The van der Waals surface area contributed by atoms with Crippen molar-refractivity contribution in [2.45, 2.75) is 13.0 Å². The first kappa shape index (κ1) is 21.8. The van der Waals surface area contributed by atoms with Gasteiger partial charge in [-0.15, -0.1) is 0 Å². The molecule has 0 saturated heterocycles. The van der Waals surface area contributed by atoms with Crippen LogP contribution in [0.3, 0.4) is 0 Å². The Labute approximate surface area is 178 Å². The quantitative estimate of drug-likeness (QED) is 0.610. The van der Waals surface area contributed by atoms with Crippen LogP contribution in [0, 0.1) is 0 Å². The van der Waals surface area contributed by atoms with Gasteiger partial charge in [-0.05, 0) is 24.6 Å². The summed E-state index contributed by atoms with van der Waals surface area (Å²) in [5.74, 6) is 0.796. The van der Waals surface area contributed by atoms with Gasteiger partial charge < -0.3 is 34.7 Å². The topological polar surface area (TPSA) is 136 Å². The summed E-state index contributed by atoms with van der Waals surface area (Å²) in [6, 6.07) is 3.70. The van der Waals surface area contributed by atoms with Gasteiger partial charge in [0.25, 0.3) is 5.56 Å². The molecule has 0 fully saturated rings. The molecule has 0 spiro atoms. The summed E-state index contributed by atoms with van der Waals surface area (Å²) in [5, 5.41) is 2.86. The van der Waals surface area contributed by atoms with Crippen LogP contribution >= 0.6 is 0 Å². The molecule has 3 N–H and O–H groups in total. The van der Waals surface area contributed by atoms with Crippen LogP contribution in [0.5, 0.6) is 23.3 Å². The number of carbonyl (C=O) groups excluding carboxylic acids is 1. The van der Waals surface area contributed by atoms with E-state index in [2.05, 4.69) is 10.3 Å². The molecule has 1 atom stereocenters. The molecule has 3 rings (SSSR count). The van der Waals surface area contributed by atoms with E-state index in [0.717, 1.165) is 0 Å². The number of esters is 1. The lowest BCUT2D eigenvalue weighted by molar-refractivity contribution is -0.139. The molecule has 0 bridgehead atoms. The molecule has 11 nitrogen and oxygen atoms in total. The maximum Gasteiger partial charge on any atom is 0.340 e. The van der Waals surface area contributed by atoms with Gasteiger partial charge in [0, 0.05) is 6.07 Å². The fourth-order valence-corrected chi connectivity index (χ4v) is 3.45. The number of nitrogens with one attached hydrogen (secondary N) is 1. The fraction of sp³-hybridized carbons (Fsp3) is 0.350. The number of ether oxygens (including phenoxy) is 5. The van der Waals surface area contributed by atoms with Crippen LogP contribution < -0.4 is 35.6 Å². The number of hydrogen-bond acceptors (Lipinski definition) is 10. The highest BCUT2D eigenvalue weighted by Gasteiger charge is 2.37. The second-order valence-corrected chi connectivity index (χ2v) is 6.37. The number of nitrogens with zero attached hydrogens (tertiary/aromatic N) is 2.